The van der Waals surface area contributed by atoms with Crippen molar-refractivity contribution in [1.29, 1.82) is 0 Å². The summed E-state index contributed by atoms with van der Waals surface area (Å²) >= 11 is 0. The molecule has 8 heteroatoms. The van der Waals surface area contributed by atoms with Crippen LogP contribution in [0.4, 0.5) is 0 Å². The molecule has 0 saturated heterocycles. The number of ether oxygens (including phenoxy) is 4. The number of fused-ring (bicyclic) bond motifs is 2. The van der Waals surface area contributed by atoms with Crippen molar-refractivity contribution >= 4 is 24.4 Å². The third kappa shape index (κ3) is 5.92. The highest BCUT2D eigenvalue weighted by atomic mass is 35.5. The Morgan fingerprint density at radius 1 is 1.03 bits per heavy atom. The maximum atomic E-state index is 12.7. The minimum Gasteiger partial charge on any atom is -0.493 e. The second-order valence-electron chi connectivity index (χ2n) is 8.08. The van der Waals surface area contributed by atoms with Gasteiger partial charge in [0.2, 0.25) is 12.7 Å². The Kier molecular flexibility index (Phi) is 8.47. The third-order valence-electron chi connectivity index (χ3n) is 5.90. The molecule has 2 aliphatic heterocycles. The monoisotopic (exact) mass is 474 g/mol. The molecule has 0 radical (unpaired) electrons. The summed E-state index contributed by atoms with van der Waals surface area (Å²) in [4.78, 5) is 16.8. The summed E-state index contributed by atoms with van der Waals surface area (Å²) in [5.41, 5.74) is 3.19. The number of methoxy groups -OCH3 is 2. The summed E-state index contributed by atoms with van der Waals surface area (Å²) in [6.45, 7) is 2.77. The van der Waals surface area contributed by atoms with Crippen LogP contribution in [0.5, 0.6) is 23.0 Å². The number of rotatable bonds is 9. The largest absolute Gasteiger partial charge is 0.493 e. The number of carbonyl (C=O) groups is 1. The maximum absolute atomic E-state index is 12.7. The Balaban J connectivity index is 0.00000306. The molecule has 0 unspecified atom stereocenters. The molecule has 7 nitrogen and oxygen atoms in total. The lowest BCUT2D eigenvalue weighted by atomic mass is 10.0. The molecule has 2 aromatic carbocycles. The molecule has 0 saturated carbocycles. The molecular formula is C25H31ClN2O5. The Morgan fingerprint density at radius 2 is 1.79 bits per heavy atom. The minimum atomic E-state index is 0. The molecule has 0 aliphatic carbocycles. The summed E-state index contributed by atoms with van der Waals surface area (Å²) in [5.74, 6) is 3.06. The van der Waals surface area contributed by atoms with Gasteiger partial charge < -0.3 is 28.7 Å². The van der Waals surface area contributed by atoms with Gasteiger partial charge in [0.1, 0.15) is 0 Å². The number of halogens is 1. The van der Waals surface area contributed by atoms with Crippen molar-refractivity contribution in [1.82, 2.24) is 9.80 Å². The molecule has 0 spiro atoms. The maximum Gasteiger partial charge on any atom is 0.231 e. The fraction of sp³-hybridized carbons (Fsp3) is 0.400. The summed E-state index contributed by atoms with van der Waals surface area (Å²) in [7, 11) is 5.40. The number of hydrogen-bond acceptors (Lipinski definition) is 6. The van der Waals surface area contributed by atoms with Crippen LogP contribution >= 0.6 is 12.4 Å². The number of benzene rings is 2. The second-order valence-corrected chi connectivity index (χ2v) is 8.08. The Labute approximate surface area is 201 Å². The zero-order chi connectivity index (χ0) is 22.5. The molecule has 0 atom stereocenters. The quantitative estimate of drug-likeness (QED) is 0.551. The van der Waals surface area contributed by atoms with Gasteiger partial charge in [-0.25, -0.2) is 0 Å². The van der Waals surface area contributed by atoms with Crippen LogP contribution in [0.25, 0.3) is 6.08 Å². The lowest BCUT2D eigenvalue weighted by Crippen LogP contribution is -2.30. The van der Waals surface area contributed by atoms with Gasteiger partial charge in [0.15, 0.2) is 23.0 Å². The number of amides is 1. The van der Waals surface area contributed by atoms with E-state index in [-0.39, 0.29) is 25.1 Å². The molecule has 0 N–H and O–H groups in total. The van der Waals surface area contributed by atoms with Crippen molar-refractivity contribution in [2.24, 2.45) is 0 Å². The molecule has 2 aromatic rings. The first kappa shape index (κ1) is 24.7. The predicted molar refractivity (Wildman–Crippen MR) is 130 cm³/mol. The Hall–Kier alpha value is -2.90. The average Bonchev–Trinajstić information content (AvgIpc) is 3.20. The van der Waals surface area contributed by atoms with Crippen molar-refractivity contribution in [2.45, 2.75) is 19.3 Å². The topological polar surface area (TPSA) is 60.5 Å². The van der Waals surface area contributed by atoms with Gasteiger partial charge in [0.25, 0.3) is 0 Å². The number of carbonyl (C=O) groups excluding carboxylic acids is 1. The molecule has 33 heavy (non-hydrogen) atoms. The molecule has 2 heterocycles. The summed E-state index contributed by atoms with van der Waals surface area (Å²) in [6, 6.07) is 9.91. The Morgan fingerprint density at radius 3 is 2.55 bits per heavy atom. The molecule has 2 aliphatic rings. The van der Waals surface area contributed by atoms with Crippen molar-refractivity contribution in [3.63, 3.8) is 0 Å². The minimum absolute atomic E-state index is 0. The summed E-state index contributed by atoms with van der Waals surface area (Å²) in [6.07, 6.45) is 6.07. The van der Waals surface area contributed by atoms with Gasteiger partial charge >= 0.3 is 0 Å². The van der Waals surface area contributed by atoms with Gasteiger partial charge in [-0.05, 0) is 73.5 Å². The van der Waals surface area contributed by atoms with Crippen molar-refractivity contribution in [3.05, 3.63) is 53.2 Å². The van der Waals surface area contributed by atoms with Gasteiger partial charge in [-0.1, -0.05) is 6.07 Å². The third-order valence-corrected chi connectivity index (χ3v) is 5.90. The van der Waals surface area contributed by atoms with Crippen LogP contribution in [0, 0.1) is 0 Å². The fourth-order valence-corrected chi connectivity index (χ4v) is 4.00. The molecule has 0 fully saturated rings. The number of hydrogen-bond donors (Lipinski definition) is 0. The first-order chi connectivity index (χ1) is 15.6. The molecule has 0 bridgehead atoms. The van der Waals surface area contributed by atoms with Crippen LogP contribution in [0.3, 0.4) is 0 Å². The van der Waals surface area contributed by atoms with E-state index in [2.05, 4.69) is 18.0 Å². The van der Waals surface area contributed by atoms with Crippen molar-refractivity contribution in [2.75, 3.05) is 47.7 Å². The van der Waals surface area contributed by atoms with Gasteiger partial charge in [0, 0.05) is 19.3 Å². The predicted octanol–water partition coefficient (Wildman–Crippen LogP) is 3.77. The van der Waals surface area contributed by atoms with Crippen LogP contribution in [0.2, 0.25) is 0 Å². The van der Waals surface area contributed by atoms with Gasteiger partial charge in [-0.15, -0.1) is 12.4 Å². The van der Waals surface area contributed by atoms with E-state index in [4.69, 9.17) is 18.9 Å². The number of likely N-dealkylation sites (N-methyl/N-ethyl adjacent to an activating group) is 1. The van der Waals surface area contributed by atoms with E-state index in [1.54, 1.807) is 14.2 Å². The number of nitrogens with zero attached hydrogens (tertiary/aromatic N) is 2. The fourth-order valence-electron chi connectivity index (χ4n) is 4.00. The van der Waals surface area contributed by atoms with Crippen LogP contribution in [0.1, 0.15) is 23.1 Å². The lowest BCUT2D eigenvalue weighted by molar-refractivity contribution is -0.127. The van der Waals surface area contributed by atoms with Crippen molar-refractivity contribution < 1.29 is 23.7 Å². The zero-order valence-corrected chi connectivity index (χ0v) is 20.2. The average molecular weight is 475 g/mol. The van der Waals surface area contributed by atoms with Gasteiger partial charge in [-0.3, -0.25) is 4.79 Å². The van der Waals surface area contributed by atoms with E-state index in [0.717, 1.165) is 60.1 Å². The Bertz CT molecular complexity index is 1010. The van der Waals surface area contributed by atoms with Gasteiger partial charge in [-0.2, -0.15) is 0 Å². The zero-order valence-electron chi connectivity index (χ0n) is 19.3. The first-order valence-corrected chi connectivity index (χ1v) is 10.9. The standard InChI is InChI=1S/C25H30N2O5.ClH/c1-26(11-7-18-5-6-21(29-2)22(13-18)30-3)9-4-10-27-12-8-19-14-23-24(32-17-31-23)15-20(19)16-25(27)28;/h5-6,8,12-15H,4,7,9-11,16-17H2,1-3H3;1H. The van der Waals surface area contributed by atoms with E-state index in [9.17, 15) is 4.79 Å². The van der Waals surface area contributed by atoms with Crippen LogP contribution in [-0.4, -0.2) is 63.4 Å². The van der Waals surface area contributed by atoms with Crippen LogP contribution < -0.4 is 18.9 Å². The second kappa shape index (κ2) is 11.3. The van der Waals surface area contributed by atoms with Crippen molar-refractivity contribution in [3.8, 4) is 23.0 Å². The van der Waals surface area contributed by atoms with Gasteiger partial charge in [0.05, 0.1) is 20.6 Å². The normalized spacial score (nSPS) is 14.1. The molecule has 0 aromatic heterocycles. The van der Waals surface area contributed by atoms with E-state index in [1.807, 2.05) is 41.4 Å². The van der Waals surface area contributed by atoms with Crippen LogP contribution in [0.15, 0.2) is 36.5 Å². The molecule has 178 valence electrons. The molecule has 1 amide bonds. The highest BCUT2D eigenvalue weighted by molar-refractivity contribution is 5.85. The van der Waals surface area contributed by atoms with E-state index in [0.29, 0.717) is 13.0 Å². The molecular weight excluding hydrogens is 444 g/mol. The summed E-state index contributed by atoms with van der Waals surface area (Å²) in [5, 5.41) is 0. The SMILES string of the molecule is COc1ccc(CCN(C)CCCN2C=Cc3cc4c(cc3CC2=O)OCO4)cc1OC.Cl. The van der Waals surface area contributed by atoms with E-state index >= 15 is 0 Å². The molecule has 4 rings (SSSR count). The first-order valence-electron chi connectivity index (χ1n) is 10.9. The van der Waals surface area contributed by atoms with E-state index in [1.165, 1.54) is 5.56 Å². The summed E-state index contributed by atoms with van der Waals surface area (Å²) < 4.78 is 21.6. The lowest BCUT2D eigenvalue weighted by Gasteiger charge is -2.21. The van der Waals surface area contributed by atoms with E-state index < -0.39 is 0 Å². The van der Waals surface area contributed by atoms with Crippen LogP contribution in [-0.2, 0) is 17.6 Å². The highest BCUT2D eigenvalue weighted by Gasteiger charge is 2.22. The smallest absolute Gasteiger partial charge is 0.231 e. The highest BCUT2D eigenvalue weighted by Crippen LogP contribution is 2.36.